The quantitative estimate of drug-likeness (QED) is 0.195. The maximum absolute atomic E-state index is 9.65. The number of rotatable bonds is 4. The predicted molar refractivity (Wildman–Crippen MR) is 153 cm³/mol. The normalized spacial score (nSPS) is 11.4. The molecule has 0 saturated carbocycles. The largest absolute Gasteiger partial charge is 0.220 e. The summed E-state index contributed by atoms with van der Waals surface area (Å²) in [6.45, 7) is 8.69. The molecule has 0 bridgehead atoms. The first-order valence-corrected chi connectivity index (χ1v) is 14.9. The van der Waals surface area contributed by atoms with Gasteiger partial charge in [-0.3, -0.25) is 0 Å². The summed E-state index contributed by atoms with van der Waals surface area (Å²) in [7, 11) is -0.0803. The van der Waals surface area contributed by atoms with E-state index in [9.17, 15) is 5.26 Å². The van der Waals surface area contributed by atoms with Gasteiger partial charge in [0, 0.05) is 6.07 Å². The van der Waals surface area contributed by atoms with Gasteiger partial charge in [0.05, 0.1) is 22.6 Å². The van der Waals surface area contributed by atoms with Gasteiger partial charge in [0.1, 0.15) is 15.1 Å². The lowest BCUT2D eigenvalue weighted by Crippen LogP contribution is -2.64. The summed E-state index contributed by atoms with van der Waals surface area (Å²) in [5.74, 6) is 0. The number of hydrogen-bond donors (Lipinski definition) is 0. The van der Waals surface area contributed by atoms with Gasteiger partial charge < -0.3 is 0 Å². The Labute approximate surface area is 215 Å². The lowest BCUT2D eigenvalue weighted by Gasteiger charge is -2.29. The lowest BCUT2D eigenvalue weighted by atomic mass is 9.91. The molecule has 0 radical (unpaired) electrons. The van der Waals surface area contributed by atoms with E-state index in [4.69, 9.17) is 0 Å². The van der Waals surface area contributed by atoms with Crippen LogP contribution in [0, 0.1) is 32.1 Å². The van der Waals surface area contributed by atoms with Crippen LogP contribution < -0.4 is 20.1 Å². The van der Waals surface area contributed by atoms with Gasteiger partial charge in [-0.25, -0.2) is 4.57 Å². The van der Waals surface area contributed by atoms with Crippen molar-refractivity contribution in [2.75, 3.05) is 0 Å². The maximum atomic E-state index is 9.65. The molecular formula is C33H31N2Si+. The van der Waals surface area contributed by atoms with Crippen LogP contribution in [0.2, 0.25) is 6.55 Å². The molecule has 0 spiro atoms. The highest BCUT2D eigenvalue weighted by molar-refractivity contribution is 7.10. The van der Waals surface area contributed by atoms with Crippen LogP contribution in [-0.4, -0.2) is 8.07 Å². The minimum absolute atomic E-state index is 0.786. The molecule has 176 valence electrons. The molecule has 0 aliphatic carbocycles. The molecule has 0 atom stereocenters. The number of benzene rings is 4. The summed E-state index contributed by atoms with van der Waals surface area (Å²) in [6, 6.07) is 35.8. The average Bonchev–Trinajstić information content (AvgIpc) is 2.91. The maximum Gasteiger partial charge on any atom is 0.220 e. The fourth-order valence-corrected chi connectivity index (χ4v) is 9.14. The predicted octanol–water partition coefficient (Wildman–Crippen LogP) is 5.23. The molecule has 5 rings (SSSR count). The number of nitriles is 1. The Hall–Kier alpha value is -4.00. The summed E-state index contributed by atoms with van der Waals surface area (Å²) in [4.78, 5) is 0. The smallest absolute Gasteiger partial charge is 0.200 e. The lowest BCUT2D eigenvalue weighted by molar-refractivity contribution is -0.659. The molecule has 3 heteroatoms. The molecule has 0 N–H and O–H groups in total. The highest BCUT2D eigenvalue weighted by Gasteiger charge is 2.34. The summed E-state index contributed by atoms with van der Waals surface area (Å²) >= 11 is 0. The van der Waals surface area contributed by atoms with E-state index in [1.807, 2.05) is 6.92 Å². The van der Waals surface area contributed by atoms with Crippen LogP contribution in [0.15, 0.2) is 97.2 Å². The third-order valence-corrected chi connectivity index (χ3v) is 12.3. The van der Waals surface area contributed by atoms with Crippen molar-refractivity contribution in [1.82, 2.24) is 0 Å². The second-order valence-corrected chi connectivity index (χ2v) is 13.9. The second kappa shape index (κ2) is 9.22. The zero-order chi connectivity index (χ0) is 25.4. The van der Waals surface area contributed by atoms with Crippen molar-refractivity contribution in [3.05, 3.63) is 119 Å². The molecule has 1 heterocycles. The van der Waals surface area contributed by atoms with E-state index in [1.54, 1.807) is 0 Å². The van der Waals surface area contributed by atoms with E-state index in [1.165, 1.54) is 37.6 Å². The number of hydrogen-bond acceptors (Lipinski definition) is 1. The van der Waals surface area contributed by atoms with Gasteiger partial charge in [0.15, 0.2) is 6.20 Å². The summed E-state index contributed by atoms with van der Waals surface area (Å²) in [5.41, 5.74) is 6.42. The van der Waals surface area contributed by atoms with Crippen LogP contribution in [0.5, 0.6) is 0 Å². The fraction of sp³-hybridized carbons (Fsp3) is 0.152. The Morgan fingerprint density at radius 2 is 1.33 bits per heavy atom. The van der Waals surface area contributed by atoms with Gasteiger partial charge in [-0.15, -0.1) is 0 Å². The van der Waals surface area contributed by atoms with Gasteiger partial charge in [0.25, 0.3) is 0 Å². The molecule has 0 amide bonds. The van der Waals surface area contributed by atoms with E-state index in [2.05, 4.69) is 135 Å². The Morgan fingerprint density at radius 3 is 1.92 bits per heavy atom. The first-order chi connectivity index (χ1) is 17.4. The van der Waals surface area contributed by atoms with E-state index in [0.29, 0.717) is 0 Å². The van der Waals surface area contributed by atoms with E-state index < -0.39 is 8.07 Å². The molecule has 0 unspecified atom stereocenters. The zero-order valence-corrected chi connectivity index (χ0v) is 22.6. The fourth-order valence-electron chi connectivity index (χ4n) is 5.56. The highest BCUT2D eigenvalue weighted by atomic mass is 28.3. The average molecular weight is 484 g/mol. The Morgan fingerprint density at radius 1 is 0.722 bits per heavy atom. The van der Waals surface area contributed by atoms with Crippen molar-refractivity contribution in [3.63, 3.8) is 0 Å². The summed E-state index contributed by atoms with van der Waals surface area (Å²) in [5, 5.41) is 16.3. The van der Waals surface area contributed by atoms with Crippen LogP contribution in [0.1, 0.15) is 22.3 Å². The van der Waals surface area contributed by atoms with Gasteiger partial charge >= 0.3 is 0 Å². The molecule has 4 aromatic carbocycles. The van der Waals surface area contributed by atoms with Crippen molar-refractivity contribution >= 4 is 34.4 Å². The van der Waals surface area contributed by atoms with Crippen LogP contribution in [0.4, 0.5) is 0 Å². The summed E-state index contributed by atoms with van der Waals surface area (Å²) in [6.07, 6.45) is 2.16. The Bertz CT molecular complexity index is 1590. The topological polar surface area (TPSA) is 27.7 Å². The highest BCUT2D eigenvalue weighted by Crippen LogP contribution is 2.32. The molecule has 0 saturated heterocycles. The van der Waals surface area contributed by atoms with Crippen molar-refractivity contribution in [2.24, 2.45) is 7.05 Å². The SMILES string of the molecule is Cc1cc(-c2c3ccc([Si](C)(c4ccccc4)c4ccccc4)cc3cc[n+]2C)c(C)c(C)c1C#N. The van der Waals surface area contributed by atoms with Crippen molar-refractivity contribution in [2.45, 2.75) is 27.3 Å². The number of fused-ring (bicyclic) bond motifs is 1. The van der Waals surface area contributed by atoms with Crippen LogP contribution in [-0.2, 0) is 7.05 Å². The number of aryl methyl sites for hydroxylation is 2. The first kappa shape index (κ1) is 23.7. The number of nitrogens with zero attached hydrogens (tertiary/aromatic N) is 2. The van der Waals surface area contributed by atoms with Gasteiger partial charge in [-0.1, -0.05) is 79.3 Å². The minimum Gasteiger partial charge on any atom is -0.200 e. The molecule has 5 aromatic rings. The first-order valence-electron chi connectivity index (χ1n) is 12.4. The summed E-state index contributed by atoms with van der Waals surface area (Å²) < 4.78 is 2.21. The van der Waals surface area contributed by atoms with Crippen molar-refractivity contribution in [1.29, 1.82) is 5.26 Å². The number of aromatic nitrogens is 1. The Balaban J connectivity index is 1.76. The molecule has 0 aliphatic rings. The Kier molecular flexibility index (Phi) is 6.08. The molecule has 2 nitrogen and oxygen atoms in total. The second-order valence-electron chi connectivity index (χ2n) is 9.91. The van der Waals surface area contributed by atoms with Crippen molar-refractivity contribution in [3.8, 4) is 17.3 Å². The van der Waals surface area contributed by atoms with E-state index >= 15 is 0 Å². The van der Waals surface area contributed by atoms with E-state index in [0.717, 1.165) is 22.3 Å². The molecular weight excluding hydrogens is 452 g/mol. The molecule has 1 aromatic heterocycles. The van der Waals surface area contributed by atoms with Gasteiger partial charge in [-0.05, 0) is 70.5 Å². The van der Waals surface area contributed by atoms with Gasteiger partial charge in [-0.2, -0.15) is 5.26 Å². The minimum atomic E-state index is -2.19. The molecule has 0 fully saturated rings. The molecule has 36 heavy (non-hydrogen) atoms. The van der Waals surface area contributed by atoms with Crippen LogP contribution in [0.25, 0.3) is 22.0 Å². The third kappa shape index (κ3) is 3.75. The monoisotopic (exact) mass is 483 g/mol. The van der Waals surface area contributed by atoms with Gasteiger partial charge in [0.2, 0.25) is 5.69 Å². The standard InChI is InChI=1S/C33H31N2Si/c1-23-20-31(24(2)25(3)32(23)22-34)33-30-17-16-29(21-26(30)18-19-35(33)4)36(5,27-12-8-6-9-13-27)28-14-10-7-11-15-28/h6-21H,1-5H3/q+1. The van der Waals surface area contributed by atoms with Crippen LogP contribution >= 0.6 is 0 Å². The molecule has 0 aliphatic heterocycles. The van der Waals surface area contributed by atoms with Crippen molar-refractivity contribution < 1.29 is 4.57 Å². The number of pyridine rings is 1. The van der Waals surface area contributed by atoms with Crippen LogP contribution in [0.3, 0.4) is 0 Å². The zero-order valence-electron chi connectivity index (χ0n) is 21.6. The van der Waals surface area contributed by atoms with E-state index in [-0.39, 0.29) is 0 Å². The third-order valence-electron chi connectivity index (χ3n) is 7.88.